The van der Waals surface area contributed by atoms with Gasteiger partial charge in [-0.3, -0.25) is 0 Å². The summed E-state index contributed by atoms with van der Waals surface area (Å²) in [5, 5.41) is 0. The quantitative estimate of drug-likeness (QED) is 0.468. The SMILES string of the molecule is CC1=CC2C(CC(C)C2[Si](C)(C)C2c3ccccc3-c3ccccc32)C(C)=C1. The molecule has 0 aromatic heterocycles. The molecule has 1 saturated carbocycles. The standard InChI is InChI=1S/C27H32Si/c1-17-14-18(2)24-16-19(3)26(25(24)15-17)28(4,5)27-22-12-8-6-10-20(22)21-11-7-9-13-23(21)27/h6-15,19,24-27H,16H2,1-5H3. The average molecular weight is 385 g/mol. The molecule has 4 unspecified atom stereocenters. The lowest BCUT2D eigenvalue weighted by molar-refractivity contribution is 0.511. The van der Waals surface area contributed by atoms with Crippen LogP contribution in [0.25, 0.3) is 11.1 Å². The first kappa shape index (κ1) is 18.2. The normalized spacial score (nSPS) is 29.0. The van der Waals surface area contributed by atoms with E-state index in [0.29, 0.717) is 5.54 Å². The Labute approximate surface area is 171 Å². The van der Waals surface area contributed by atoms with Crippen LogP contribution in [0.4, 0.5) is 0 Å². The van der Waals surface area contributed by atoms with Gasteiger partial charge in [-0.15, -0.1) is 0 Å². The van der Waals surface area contributed by atoms with Crippen molar-refractivity contribution in [3.8, 4) is 11.1 Å². The zero-order valence-corrected chi connectivity index (χ0v) is 18.9. The number of hydrogen-bond acceptors (Lipinski definition) is 0. The molecule has 3 aliphatic rings. The highest BCUT2D eigenvalue weighted by Gasteiger charge is 2.54. The molecule has 0 N–H and O–H groups in total. The van der Waals surface area contributed by atoms with E-state index in [-0.39, 0.29) is 0 Å². The third kappa shape index (κ3) is 2.48. The predicted molar refractivity (Wildman–Crippen MR) is 123 cm³/mol. The first-order chi connectivity index (χ1) is 13.4. The molecule has 0 heterocycles. The Morgan fingerprint density at radius 1 is 0.857 bits per heavy atom. The van der Waals surface area contributed by atoms with Crippen molar-refractivity contribution in [3.63, 3.8) is 0 Å². The Kier molecular flexibility index (Phi) is 4.10. The van der Waals surface area contributed by atoms with E-state index in [4.69, 9.17) is 0 Å². The summed E-state index contributed by atoms with van der Waals surface area (Å²) in [7, 11) is -1.64. The van der Waals surface area contributed by atoms with Crippen molar-refractivity contribution in [1.29, 1.82) is 0 Å². The second-order valence-corrected chi connectivity index (χ2v) is 15.0. The molecule has 2 aromatic carbocycles. The fourth-order valence-corrected chi connectivity index (χ4v) is 12.7. The molecule has 0 nitrogen and oxygen atoms in total. The summed E-state index contributed by atoms with van der Waals surface area (Å²) in [6.45, 7) is 12.6. The van der Waals surface area contributed by atoms with Crippen molar-refractivity contribution in [2.24, 2.45) is 17.8 Å². The van der Waals surface area contributed by atoms with Gasteiger partial charge in [-0.2, -0.15) is 0 Å². The lowest BCUT2D eigenvalue weighted by Gasteiger charge is -2.42. The molecule has 1 fully saturated rings. The molecule has 0 spiro atoms. The molecule has 0 aliphatic heterocycles. The Hall–Kier alpha value is -1.86. The van der Waals surface area contributed by atoms with Gasteiger partial charge in [0, 0.05) is 5.54 Å². The summed E-state index contributed by atoms with van der Waals surface area (Å²) in [4.78, 5) is 0. The Morgan fingerprint density at radius 3 is 2.04 bits per heavy atom. The van der Waals surface area contributed by atoms with Gasteiger partial charge in [-0.05, 0) is 65.8 Å². The van der Waals surface area contributed by atoms with Gasteiger partial charge in [-0.25, -0.2) is 0 Å². The summed E-state index contributed by atoms with van der Waals surface area (Å²) < 4.78 is 0. The van der Waals surface area contributed by atoms with Crippen LogP contribution in [0.1, 0.15) is 43.9 Å². The maximum absolute atomic E-state index is 2.69. The van der Waals surface area contributed by atoms with E-state index >= 15 is 0 Å². The van der Waals surface area contributed by atoms with Gasteiger partial charge in [0.2, 0.25) is 0 Å². The van der Waals surface area contributed by atoms with E-state index < -0.39 is 8.07 Å². The molecule has 5 rings (SSSR count). The summed E-state index contributed by atoms with van der Waals surface area (Å²) >= 11 is 0. The van der Waals surface area contributed by atoms with Crippen LogP contribution in [0.5, 0.6) is 0 Å². The molecular weight excluding hydrogens is 352 g/mol. The van der Waals surface area contributed by atoms with Crippen molar-refractivity contribution in [2.75, 3.05) is 0 Å². The maximum Gasteiger partial charge on any atom is 0.0643 e. The lowest BCUT2D eigenvalue weighted by Crippen LogP contribution is -2.44. The molecule has 0 amide bonds. The van der Waals surface area contributed by atoms with Crippen LogP contribution >= 0.6 is 0 Å². The summed E-state index contributed by atoms with van der Waals surface area (Å²) in [5.41, 5.74) is 10.7. The molecule has 0 radical (unpaired) electrons. The average Bonchev–Trinajstić information content (AvgIpc) is 3.17. The summed E-state index contributed by atoms with van der Waals surface area (Å²) in [6.07, 6.45) is 6.44. The topological polar surface area (TPSA) is 0 Å². The monoisotopic (exact) mass is 384 g/mol. The number of hydrogen-bond donors (Lipinski definition) is 0. The zero-order valence-electron chi connectivity index (χ0n) is 17.9. The second kappa shape index (κ2) is 6.32. The Morgan fingerprint density at radius 2 is 1.43 bits per heavy atom. The van der Waals surface area contributed by atoms with Crippen LogP contribution in [-0.4, -0.2) is 8.07 Å². The minimum atomic E-state index is -1.64. The lowest BCUT2D eigenvalue weighted by atomic mass is 9.83. The number of allylic oxidation sites excluding steroid dienone is 4. The third-order valence-electron chi connectivity index (χ3n) is 8.05. The highest BCUT2D eigenvalue weighted by molar-refractivity contribution is 6.81. The van der Waals surface area contributed by atoms with E-state index in [1.165, 1.54) is 23.1 Å². The van der Waals surface area contributed by atoms with Crippen molar-refractivity contribution in [2.45, 2.75) is 51.4 Å². The van der Waals surface area contributed by atoms with Gasteiger partial charge in [0.05, 0.1) is 8.07 Å². The highest BCUT2D eigenvalue weighted by Crippen LogP contribution is 2.61. The van der Waals surface area contributed by atoms with Crippen LogP contribution in [0.15, 0.2) is 71.8 Å². The van der Waals surface area contributed by atoms with Crippen LogP contribution < -0.4 is 0 Å². The minimum Gasteiger partial charge on any atom is -0.0779 e. The molecule has 0 bridgehead atoms. The predicted octanol–water partition coefficient (Wildman–Crippen LogP) is 7.60. The van der Waals surface area contributed by atoms with E-state index in [1.54, 1.807) is 16.7 Å². The minimum absolute atomic E-state index is 0.617. The Bertz CT molecular complexity index is 947. The molecule has 3 aliphatic carbocycles. The Balaban J connectivity index is 1.64. The molecule has 4 atom stereocenters. The molecule has 0 saturated heterocycles. The van der Waals surface area contributed by atoms with E-state index in [0.717, 1.165) is 23.3 Å². The van der Waals surface area contributed by atoms with Gasteiger partial charge in [0.25, 0.3) is 0 Å². The summed E-state index contributed by atoms with van der Waals surface area (Å²) in [6, 6.07) is 18.4. The smallest absolute Gasteiger partial charge is 0.0643 e. The van der Waals surface area contributed by atoms with E-state index in [9.17, 15) is 0 Å². The zero-order chi connectivity index (χ0) is 19.6. The van der Waals surface area contributed by atoms with Crippen LogP contribution in [0.3, 0.4) is 0 Å². The number of rotatable bonds is 2. The molecule has 144 valence electrons. The fourth-order valence-electron chi connectivity index (χ4n) is 7.24. The first-order valence-corrected chi connectivity index (χ1v) is 14.1. The van der Waals surface area contributed by atoms with Gasteiger partial charge in [0.15, 0.2) is 0 Å². The van der Waals surface area contributed by atoms with E-state index in [2.05, 4.69) is 94.5 Å². The van der Waals surface area contributed by atoms with Gasteiger partial charge in [0.1, 0.15) is 0 Å². The molecule has 2 aromatic rings. The number of benzene rings is 2. The second-order valence-electron chi connectivity index (χ2n) is 10.2. The van der Waals surface area contributed by atoms with Crippen molar-refractivity contribution in [3.05, 3.63) is 83.0 Å². The van der Waals surface area contributed by atoms with Crippen LogP contribution in [0.2, 0.25) is 18.6 Å². The van der Waals surface area contributed by atoms with Crippen LogP contribution in [-0.2, 0) is 0 Å². The number of fused-ring (bicyclic) bond motifs is 4. The largest absolute Gasteiger partial charge is 0.0779 e. The van der Waals surface area contributed by atoms with Crippen molar-refractivity contribution < 1.29 is 0 Å². The summed E-state index contributed by atoms with van der Waals surface area (Å²) in [5.74, 6) is 2.31. The maximum atomic E-state index is 2.69. The molecule has 28 heavy (non-hydrogen) atoms. The van der Waals surface area contributed by atoms with Gasteiger partial charge in [-0.1, -0.05) is 91.8 Å². The third-order valence-corrected chi connectivity index (χ3v) is 12.8. The fraction of sp³-hybridized carbons (Fsp3) is 0.407. The van der Waals surface area contributed by atoms with Crippen molar-refractivity contribution in [1.82, 2.24) is 0 Å². The van der Waals surface area contributed by atoms with E-state index in [1.807, 2.05) is 0 Å². The first-order valence-electron chi connectivity index (χ1n) is 10.9. The highest BCUT2D eigenvalue weighted by atomic mass is 28.3. The van der Waals surface area contributed by atoms with Gasteiger partial charge < -0.3 is 0 Å². The van der Waals surface area contributed by atoms with Gasteiger partial charge >= 0.3 is 0 Å². The molecule has 1 heteroatoms. The van der Waals surface area contributed by atoms with Crippen molar-refractivity contribution >= 4 is 8.07 Å². The van der Waals surface area contributed by atoms with Crippen LogP contribution in [0, 0.1) is 17.8 Å². The molecular formula is C27H32Si.